The lowest BCUT2D eigenvalue weighted by Crippen LogP contribution is -2.10. The van der Waals surface area contributed by atoms with E-state index in [4.69, 9.17) is 14.0 Å². The number of hydrogen-bond acceptors (Lipinski definition) is 4. The van der Waals surface area contributed by atoms with Crippen LogP contribution in [0.25, 0.3) is 33.4 Å². The number of hydrogen-bond donors (Lipinski definition) is 1. The highest BCUT2D eigenvalue weighted by atomic mass is 16.1. The van der Waals surface area contributed by atoms with Crippen molar-refractivity contribution in [2.45, 2.75) is 26.2 Å². The van der Waals surface area contributed by atoms with E-state index >= 15 is 0 Å². The van der Waals surface area contributed by atoms with Crippen LogP contribution in [0.1, 0.15) is 36.3 Å². The number of rotatable bonds is 3. The van der Waals surface area contributed by atoms with Gasteiger partial charge in [0.15, 0.2) is 0 Å². The Morgan fingerprint density at radius 3 is 2.96 bits per heavy atom. The minimum Gasteiger partial charge on any atom is -0.366 e. The van der Waals surface area contributed by atoms with E-state index in [0.717, 1.165) is 4.68 Å². The van der Waals surface area contributed by atoms with Crippen molar-refractivity contribution in [1.29, 1.82) is 0 Å². The lowest BCUT2D eigenvalue weighted by Gasteiger charge is -2.10. The summed E-state index contributed by atoms with van der Waals surface area (Å²) in [4.78, 5) is 20.7. The van der Waals surface area contributed by atoms with Gasteiger partial charge in [-0.1, -0.05) is 6.07 Å². The summed E-state index contributed by atoms with van der Waals surface area (Å²) in [7, 11) is 0. The minimum atomic E-state index is -2.91. The summed E-state index contributed by atoms with van der Waals surface area (Å²) in [6.07, 6.45) is -4.14. The van der Waals surface area contributed by atoms with Crippen LogP contribution < -0.4 is 5.73 Å². The average Bonchev–Trinajstić information content (AvgIpc) is 3.23. The van der Waals surface area contributed by atoms with E-state index in [2.05, 4.69) is 15.1 Å². The molecule has 0 fully saturated rings. The highest BCUT2D eigenvalue weighted by Crippen LogP contribution is 2.39. The van der Waals surface area contributed by atoms with Crippen LogP contribution in [0.15, 0.2) is 48.7 Å². The van der Waals surface area contributed by atoms with Gasteiger partial charge in [-0.3, -0.25) is 19.4 Å². The molecule has 0 bridgehead atoms. The number of aryl methyl sites for hydroxylation is 2. The molecule has 6 nitrogen and oxygen atoms in total. The van der Waals surface area contributed by atoms with Gasteiger partial charge in [0, 0.05) is 46.1 Å². The van der Waals surface area contributed by atoms with Gasteiger partial charge in [0.2, 0.25) is 5.91 Å². The SMILES string of the molecule is [2H]C1([2H])c2c(-c3ccnc4ccc(C(N)=O)cc34)c(-c3cccc(C)n3)nn2C([2H])([2H])C1([2H])[2H]. The second-order valence-corrected chi connectivity index (χ2v) is 6.46. The predicted molar refractivity (Wildman–Crippen MR) is 108 cm³/mol. The van der Waals surface area contributed by atoms with Gasteiger partial charge in [-0.2, -0.15) is 5.10 Å². The smallest absolute Gasteiger partial charge is 0.248 e. The molecule has 0 atom stereocenters. The van der Waals surface area contributed by atoms with Gasteiger partial charge in [0.1, 0.15) is 5.69 Å². The summed E-state index contributed by atoms with van der Waals surface area (Å²) in [5.41, 5.74) is 7.76. The molecule has 0 aliphatic carbocycles. The molecule has 5 rings (SSSR count). The van der Waals surface area contributed by atoms with Gasteiger partial charge in [-0.25, -0.2) is 0 Å². The number of aromatic nitrogens is 4. The van der Waals surface area contributed by atoms with E-state index < -0.39 is 25.1 Å². The topological polar surface area (TPSA) is 86.7 Å². The summed E-state index contributed by atoms with van der Waals surface area (Å²) in [6.45, 7) is -0.991. The van der Waals surface area contributed by atoms with Crippen LogP contribution in [0.3, 0.4) is 0 Å². The number of primary amides is 1. The molecule has 0 spiro atoms. The van der Waals surface area contributed by atoms with Gasteiger partial charge in [0.05, 0.1) is 14.0 Å². The van der Waals surface area contributed by atoms with Gasteiger partial charge >= 0.3 is 0 Å². The molecule has 2 N–H and O–H groups in total. The molecular formula is C22H19N5O. The molecule has 1 aromatic carbocycles. The second-order valence-electron chi connectivity index (χ2n) is 6.46. The van der Waals surface area contributed by atoms with Crippen LogP contribution in [0.5, 0.6) is 0 Å². The summed E-state index contributed by atoms with van der Waals surface area (Å²) in [6, 6.07) is 11.5. The lowest BCUT2D eigenvalue weighted by molar-refractivity contribution is 0.100. The summed E-state index contributed by atoms with van der Waals surface area (Å²) >= 11 is 0. The van der Waals surface area contributed by atoms with Crippen LogP contribution in [0, 0.1) is 6.92 Å². The van der Waals surface area contributed by atoms with E-state index in [1.54, 1.807) is 37.3 Å². The van der Waals surface area contributed by atoms with Crippen molar-refractivity contribution < 1.29 is 13.0 Å². The Balaban J connectivity index is 1.94. The highest BCUT2D eigenvalue weighted by molar-refractivity contribution is 6.03. The molecule has 0 saturated heterocycles. The summed E-state index contributed by atoms with van der Waals surface area (Å²) in [5, 5.41) is 4.84. The zero-order chi connectivity index (χ0) is 24.6. The average molecular weight is 375 g/mol. The fraction of sp³-hybridized carbons (Fsp3) is 0.182. The predicted octanol–water partition coefficient (Wildman–Crippen LogP) is 3.51. The first kappa shape index (κ1) is 11.3. The first-order valence-electron chi connectivity index (χ1n) is 11.6. The fourth-order valence-corrected chi connectivity index (χ4v) is 3.38. The molecule has 0 radical (unpaired) electrons. The molecule has 1 aliphatic rings. The van der Waals surface area contributed by atoms with E-state index in [1.807, 2.05) is 0 Å². The number of pyridine rings is 2. The van der Waals surface area contributed by atoms with E-state index in [9.17, 15) is 4.79 Å². The van der Waals surface area contributed by atoms with Crippen LogP contribution in [-0.4, -0.2) is 25.7 Å². The summed E-state index contributed by atoms with van der Waals surface area (Å²) < 4.78 is 51.4. The van der Waals surface area contributed by atoms with E-state index in [1.165, 1.54) is 18.3 Å². The number of carbonyl (C=O) groups is 1. The number of benzene rings is 1. The Labute approximate surface area is 170 Å². The maximum Gasteiger partial charge on any atom is 0.248 e. The monoisotopic (exact) mass is 375 g/mol. The Bertz CT molecular complexity index is 1500. The van der Waals surface area contributed by atoms with Crippen molar-refractivity contribution in [3.05, 3.63) is 65.6 Å². The maximum absolute atomic E-state index is 11.8. The van der Waals surface area contributed by atoms with Crippen molar-refractivity contribution in [1.82, 2.24) is 19.7 Å². The first-order valence-corrected chi connectivity index (χ1v) is 8.65. The number of nitrogens with zero attached hydrogens (tertiary/aromatic N) is 4. The van der Waals surface area contributed by atoms with Crippen molar-refractivity contribution in [3.8, 4) is 22.5 Å². The highest BCUT2D eigenvalue weighted by Gasteiger charge is 2.25. The van der Waals surface area contributed by atoms with E-state index in [-0.39, 0.29) is 22.5 Å². The quantitative estimate of drug-likeness (QED) is 0.594. The molecule has 3 aromatic heterocycles. The Morgan fingerprint density at radius 2 is 2.14 bits per heavy atom. The van der Waals surface area contributed by atoms with Crippen LogP contribution in [-0.2, 0) is 12.9 Å². The summed E-state index contributed by atoms with van der Waals surface area (Å²) in [5.74, 6) is -0.652. The minimum absolute atomic E-state index is 0.183. The van der Waals surface area contributed by atoms with Gasteiger partial charge < -0.3 is 5.73 Å². The molecular weight excluding hydrogens is 350 g/mol. The standard InChI is InChI=1S/C22H19N5O/c1-13-4-2-5-18(25-13)21-20(19-6-3-11-27(19)26-21)15-9-10-24-17-8-7-14(22(23)28)12-16(15)17/h2,4-5,7-10,12H,3,6,11H2,1H3,(H2,23,28)/i3D2,6D2,11D2. The first-order chi connectivity index (χ1) is 15.9. The van der Waals surface area contributed by atoms with Gasteiger partial charge in [-0.15, -0.1) is 0 Å². The molecule has 6 heteroatoms. The van der Waals surface area contributed by atoms with Crippen molar-refractivity contribution in [2.75, 3.05) is 0 Å². The van der Waals surface area contributed by atoms with Gasteiger partial charge in [0.25, 0.3) is 0 Å². The van der Waals surface area contributed by atoms with Crippen LogP contribution >= 0.6 is 0 Å². The Hall–Kier alpha value is -3.54. The number of amides is 1. The van der Waals surface area contributed by atoms with Crippen molar-refractivity contribution >= 4 is 16.8 Å². The Kier molecular flexibility index (Phi) is 2.54. The molecule has 4 heterocycles. The third kappa shape index (κ3) is 2.57. The molecule has 0 saturated carbocycles. The zero-order valence-corrected chi connectivity index (χ0v) is 14.9. The molecule has 28 heavy (non-hydrogen) atoms. The molecule has 1 aliphatic heterocycles. The fourth-order valence-electron chi connectivity index (χ4n) is 3.38. The third-order valence-corrected chi connectivity index (χ3v) is 4.65. The van der Waals surface area contributed by atoms with Crippen LogP contribution in [0.4, 0.5) is 0 Å². The second kappa shape index (κ2) is 6.27. The third-order valence-electron chi connectivity index (χ3n) is 4.65. The largest absolute Gasteiger partial charge is 0.366 e. The zero-order valence-electron chi connectivity index (χ0n) is 20.9. The van der Waals surface area contributed by atoms with Crippen LogP contribution in [0.2, 0.25) is 0 Å². The van der Waals surface area contributed by atoms with Gasteiger partial charge in [-0.05, 0) is 61.6 Å². The number of fused-ring (bicyclic) bond motifs is 2. The maximum atomic E-state index is 11.8. The molecule has 0 unspecified atom stereocenters. The molecule has 1 amide bonds. The lowest BCUT2D eigenvalue weighted by atomic mass is 9.95. The van der Waals surface area contributed by atoms with E-state index in [0.29, 0.717) is 27.9 Å². The normalized spacial score (nSPS) is 21.6. The molecule has 4 aromatic rings. The number of nitrogens with two attached hydrogens (primary N) is 1. The van der Waals surface area contributed by atoms with Crippen molar-refractivity contribution in [2.24, 2.45) is 5.73 Å². The van der Waals surface area contributed by atoms with Crippen molar-refractivity contribution in [3.63, 3.8) is 0 Å². The Morgan fingerprint density at radius 1 is 1.25 bits per heavy atom. The number of carbonyl (C=O) groups excluding carboxylic acids is 1. The molecule has 138 valence electrons.